The lowest BCUT2D eigenvalue weighted by Gasteiger charge is -2.32. The zero-order valence-corrected chi connectivity index (χ0v) is 16.2. The molecule has 0 saturated carbocycles. The summed E-state index contributed by atoms with van der Waals surface area (Å²) in [6, 6.07) is 22.1. The Morgan fingerprint density at radius 3 is 1.96 bits per heavy atom. The predicted octanol–water partition coefficient (Wildman–Crippen LogP) is 3.48. The van der Waals surface area contributed by atoms with Crippen LogP contribution in [0.5, 0.6) is 0 Å². The molecule has 0 aliphatic carbocycles. The molecule has 3 aromatic carbocycles. The van der Waals surface area contributed by atoms with Gasteiger partial charge in [0, 0.05) is 28.2 Å². The maximum Gasteiger partial charge on any atom is 0.271 e. The first kappa shape index (κ1) is 18.0. The van der Waals surface area contributed by atoms with E-state index in [9.17, 15) is 14.5 Å². The van der Waals surface area contributed by atoms with Crippen molar-refractivity contribution in [2.24, 2.45) is 0 Å². The molecule has 0 radical (unpaired) electrons. The van der Waals surface area contributed by atoms with Crippen molar-refractivity contribution >= 4 is 40.9 Å². The third-order valence-electron chi connectivity index (χ3n) is 4.99. The van der Waals surface area contributed by atoms with Crippen molar-refractivity contribution < 1.29 is 14.5 Å². The Morgan fingerprint density at radius 2 is 1.44 bits per heavy atom. The minimum Gasteiger partial charge on any atom is -0.369 e. The minimum absolute atomic E-state index is 0.263. The average Bonchev–Trinajstić information content (AvgIpc) is 2.90. The summed E-state index contributed by atoms with van der Waals surface area (Å²) in [6.45, 7) is 0. The number of carbonyl (C=O) groups excluding carboxylic acids is 1. The Kier molecular flexibility index (Phi) is 4.23. The number of fused-ring (bicyclic) bond motifs is 1. The summed E-state index contributed by atoms with van der Waals surface area (Å²) in [5, 5.41) is 10.8. The Morgan fingerprint density at radius 1 is 0.926 bits per heavy atom. The van der Waals surface area contributed by atoms with Gasteiger partial charge in [0.2, 0.25) is 5.34 Å². The van der Waals surface area contributed by atoms with Gasteiger partial charge in [0.25, 0.3) is 5.91 Å². The zero-order chi connectivity index (χ0) is 19.2. The fraction of sp³-hybridized carbons (Fsp3) is 0.0952. The highest BCUT2D eigenvalue weighted by Gasteiger charge is 2.61. The summed E-state index contributed by atoms with van der Waals surface area (Å²) in [5.41, 5.74) is 0.762. The Bertz CT molecular complexity index is 1030. The first-order valence-corrected chi connectivity index (χ1v) is 10.5. The summed E-state index contributed by atoms with van der Waals surface area (Å²) >= 11 is 6.16. The summed E-state index contributed by atoms with van der Waals surface area (Å²) in [5.74, 6) is -0.629. The standard InChI is InChI=1S/C21H17ClNO3P/c1-23-19-13-12-15(22)14-18(19)21(25,20(23)24)27(26,16-8-4-2-5-9-16)17-10-6-3-7-11-17/h2-14,25H,1H3. The van der Waals surface area contributed by atoms with Crippen molar-refractivity contribution in [2.45, 2.75) is 5.34 Å². The normalized spacial score (nSPS) is 19.2. The number of halogens is 1. The minimum atomic E-state index is -3.82. The van der Waals surface area contributed by atoms with Crippen LogP contribution in [0.4, 0.5) is 5.69 Å². The predicted molar refractivity (Wildman–Crippen MR) is 109 cm³/mol. The van der Waals surface area contributed by atoms with Crippen LogP contribution in [0.15, 0.2) is 78.9 Å². The SMILES string of the molecule is CN1C(=O)C(O)(P(=O)(c2ccccc2)c2ccccc2)c2cc(Cl)ccc21. The van der Waals surface area contributed by atoms with Crippen LogP contribution < -0.4 is 15.5 Å². The maximum absolute atomic E-state index is 14.6. The molecule has 27 heavy (non-hydrogen) atoms. The molecule has 1 aliphatic heterocycles. The molecule has 3 aromatic rings. The number of nitrogens with zero attached hydrogens (tertiary/aromatic N) is 1. The van der Waals surface area contributed by atoms with Crippen molar-refractivity contribution in [2.75, 3.05) is 11.9 Å². The van der Waals surface area contributed by atoms with Crippen LogP contribution in [-0.2, 0) is 14.7 Å². The molecule has 0 saturated heterocycles. The number of aliphatic hydroxyl groups is 1. The van der Waals surface area contributed by atoms with Crippen LogP contribution in [0.2, 0.25) is 5.02 Å². The second kappa shape index (κ2) is 6.35. The lowest BCUT2D eigenvalue weighted by atomic mass is 10.1. The van der Waals surface area contributed by atoms with E-state index in [-0.39, 0.29) is 5.56 Å². The number of hydrogen-bond acceptors (Lipinski definition) is 3. The molecule has 6 heteroatoms. The van der Waals surface area contributed by atoms with E-state index < -0.39 is 18.4 Å². The summed E-state index contributed by atoms with van der Waals surface area (Å²) in [4.78, 5) is 14.6. The zero-order valence-electron chi connectivity index (χ0n) is 14.5. The van der Waals surface area contributed by atoms with E-state index in [4.69, 9.17) is 11.6 Å². The van der Waals surface area contributed by atoms with Crippen molar-refractivity contribution in [1.29, 1.82) is 0 Å². The molecule has 0 spiro atoms. The van der Waals surface area contributed by atoms with Crippen molar-refractivity contribution in [1.82, 2.24) is 0 Å². The lowest BCUT2D eigenvalue weighted by molar-refractivity contribution is -0.128. The van der Waals surface area contributed by atoms with Crippen LogP contribution in [-0.4, -0.2) is 18.1 Å². The van der Waals surface area contributed by atoms with Crippen LogP contribution in [0.1, 0.15) is 5.56 Å². The van der Waals surface area contributed by atoms with E-state index in [2.05, 4.69) is 0 Å². The fourth-order valence-electron chi connectivity index (χ4n) is 3.64. The molecule has 1 unspecified atom stereocenters. The smallest absolute Gasteiger partial charge is 0.271 e. The lowest BCUT2D eigenvalue weighted by Crippen LogP contribution is -2.43. The van der Waals surface area contributed by atoms with Gasteiger partial charge in [-0.05, 0) is 18.2 Å². The van der Waals surface area contributed by atoms with Gasteiger partial charge in [0.1, 0.15) is 0 Å². The van der Waals surface area contributed by atoms with E-state index in [0.29, 0.717) is 21.3 Å². The summed E-state index contributed by atoms with van der Waals surface area (Å²) in [7, 11) is -2.26. The Balaban J connectivity index is 2.10. The number of carbonyl (C=O) groups is 1. The number of anilines is 1. The molecule has 0 bridgehead atoms. The van der Waals surface area contributed by atoms with Gasteiger partial charge >= 0.3 is 0 Å². The number of benzene rings is 3. The van der Waals surface area contributed by atoms with Gasteiger partial charge in [-0.25, -0.2) is 0 Å². The molecule has 0 fully saturated rings. The fourth-order valence-corrected chi connectivity index (χ4v) is 6.98. The Labute approximate surface area is 162 Å². The highest BCUT2D eigenvalue weighted by molar-refractivity contribution is 7.80. The largest absolute Gasteiger partial charge is 0.369 e. The van der Waals surface area contributed by atoms with E-state index in [1.54, 1.807) is 79.8 Å². The number of amides is 1. The van der Waals surface area contributed by atoms with E-state index in [1.165, 1.54) is 11.0 Å². The molecule has 1 aliphatic rings. The Hall–Kier alpha value is -2.39. The highest BCUT2D eigenvalue weighted by atomic mass is 35.5. The molecule has 1 atom stereocenters. The van der Waals surface area contributed by atoms with Crippen molar-refractivity contribution in [3.63, 3.8) is 0 Å². The maximum atomic E-state index is 14.6. The monoisotopic (exact) mass is 397 g/mol. The molecule has 0 aromatic heterocycles. The molecule has 4 rings (SSSR count). The molecular formula is C21H17ClNO3P. The van der Waals surface area contributed by atoms with Gasteiger partial charge in [-0.15, -0.1) is 0 Å². The first-order valence-electron chi connectivity index (χ1n) is 8.42. The molecule has 136 valence electrons. The molecule has 4 nitrogen and oxygen atoms in total. The van der Waals surface area contributed by atoms with Gasteiger partial charge < -0.3 is 14.6 Å². The van der Waals surface area contributed by atoms with Gasteiger partial charge in [-0.3, -0.25) is 4.79 Å². The molecule has 1 heterocycles. The summed E-state index contributed by atoms with van der Waals surface area (Å²) < 4.78 is 14.6. The van der Waals surface area contributed by atoms with Crippen molar-refractivity contribution in [3.8, 4) is 0 Å². The molecule has 1 amide bonds. The van der Waals surface area contributed by atoms with E-state index in [0.717, 1.165) is 0 Å². The third kappa shape index (κ3) is 2.41. The van der Waals surface area contributed by atoms with Gasteiger partial charge in [0.05, 0.1) is 5.69 Å². The topological polar surface area (TPSA) is 57.6 Å². The van der Waals surface area contributed by atoms with Crippen LogP contribution in [0, 0.1) is 0 Å². The number of hydrogen-bond donors (Lipinski definition) is 1. The van der Waals surface area contributed by atoms with Gasteiger partial charge in [-0.1, -0.05) is 72.3 Å². The highest BCUT2D eigenvalue weighted by Crippen LogP contribution is 2.64. The second-order valence-electron chi connectivity index (χ2n) is 6.48. The van der Waals surface area contributed by atoms with Crippen LogP contribution in [0.3, 0.4) is 0 Å². The van der Waals surface area contributed by atoms with Crippen LogP contribution >= 0.6 is 18.7 Å². The molecular weight excluding hydrogens is 381 g/mol. The number of rotatable bonds is 3. The number of likely N-dealkylation sites (N-methyl/N-ethyl adjacent to an activating group) is 1. The summed E-state index contributed by atoms with van der Waals surface area (Å²) in [6.07, 6.45) is 0. The van der Waals surface area contributed by atoms with Gasteiger partial charge in [-0.2, -0.15) is 0 Å². The molecule has 1 N–H and O–H groups in total. The average molecular weight is 398 g/mol. The van der Waals surface area contributed by atoms with Gasteiger partial charge in [0.15, 0.2) is 7.14 Å². The quantitative estimate of drug-likeness (QED) is 0.688. The first-order chi connectivity index (χ1) is 12.9. The third-order valence-corrected chi connectivity index (χ3v) is 8.62. The van der Waals surface area contributed by atoms with E-state index >= 15 is 0 Å². The van der Waals surface area contributed by atoms with Crippen molar-refractivity contribution in [3.05, 3.63) is 89.4 Å². The van der Waals surface area contributed by atoms with E-state index in [1.807, 2.05) is 0 Å². The second-order valence-corrected chi connectivity index (χ2v) is 9.81. The van der Waals surface area contributed by atoms with Crippen LogP contribution in [0.25, 0.3) is 0 Å².